The van der Waals surface area contributed by atoms with Gasteiger partial charge in [0.1, 0.15) is 5.50 Å². The lowest BCUT2D eigenvalue weighted by Crippen LogP contribution is -2.37. The zero-order chi connectivity index (χ0) is 18.1. The highest BCUT2D eigenvalue weighted by molar-refractivity contribution is 6.27. The van der Waals surface area contributed by atoms with Crippen molar-refractivity contribution in [3.63, 3.8) is 0 Å². The monoisotopic (exact) mass is 358 g/mol. The lowest BCUT2D eigenvalue weighted by molar-refractivity contribution is -0.384. The Balaban J connectivity index is 2.08. The van der Waals surface area contributed by atoms with Crippen LogP contribution in [0.4, 0.5) is 11.4 Å². The number of hydrogen-bond acceptors (Lipinski definition) is 4. The van der Waals surface area contributed by atoms with E-state index in [1.165, 1.54) is 23.1 Å². The molecule has 25 heavy (non-hydrogen) atoms. The number of rotatable bonds is 2. The molecule has 2 aromatic rings. The van der Waals surface area contributed by atoms with Crippen LogP contribution in [0.2, 0.25) is 0 Å². The SMILES string of the molecule is Cc1cc([N+](=O)[O-])ccc1C(=O)N1c2ccccc2C(=O)CCC1Cl. The van der Waals surface area contributed by atoms with Crippen LogP contribution in [0.25, 0.3) is 0 Å². The second-order valence-electron chi connectivity index (χ2n) is 5.84. The summed E-state index contributed by atoms with van der Waals surface area (Å²) < 4.78 is 0. The molecule has 6 nitrogen and oxygen atoms in total. The molecule has 1 heterocycles. The van der Waals surface area contributed by atoms with Crippen LogP contribution in [0.1, 0.15) is 39.1 Å². The Kier molecular flexibility index (Phi) is 4.55. The Morgan fingerprint density at radius 2 is 2.00 bits per heavy atom. The lowest BCUT2D eigenvalue weighted by atomic mass is 10.0. The maximum absolute atomic E-state index is 13.1. The summed E-state index contributed by atoms with van der Waals surface area (Å²) in [7, 11) is 0. The minimum atomic E-state index is -0.672. The molecule has 2 aromatic carbocycles. The molecule has 0 fully saturated rings. The van der Waals surface area contributed by atoms with Crippen molar-refractivity contribution < 1.29 is 14.5 Å². The number of Topliss-reactive ketones (excluding diaryl/α,β-unsaturated/α-hetero) is 1. The zero-order valence-corrected chi connectivity index (χ0v) is 14.2. The fourth-order valence-corrected chi connectivity index (χ4v) is 3.26. The number of amides is 1. The van der Waals surface area contributed by atoms with Crippen LogP contribution in [0.3, 0.4) is 0 Å². The van der Waals surface area contributed by atoms with Crippen LogP contribution in [0.5, 0.6) is 0 Å². The summed E-state index contributed by atoms with van der Waals surface area (Å²) in [6.45, 7) is 1.64. The Labute approximate surface area is 149 Å². The molecule has 1 aliphatic rings. The van der Waals surface area contributed by atoms with Gasteiger partial charge < -0.3 is 0 Å². The molecule has 1 amide bonds. The van der Waals surface area contributed by atoms with Gasteiger partial charge in [-0.25, -0.2) is 0 Å². The molecule has 3 rings (SSSR count). The van der Waals surface area contributed by atoms with Gasteiger partial charge in [0, 0.05) is 29.7 Å². The number of benzene rings is 2. The Hall–Kier alpha value is -2.73. The van der Waals surface area contributed by atoms with Crippen LogP contribution in [0.15, 0.2) is 42.5 Å². The summed E-state index contributed by atoms with van der Waals surface area (Å²) in [5.41, 5.74) is 0.973. The number of nitrogens with zero attached hydrogens (tertiary/aromatic N) is 2. The molecule has 128 valence electrons. The molecule has 0 bridgehead atoms. The summed E-state index contributed by atoms with van der Waals surface area (Å²) in [5, 5.41) is 10.9. The average molecular weight is 359 g/mol. The third-order valence-electron chi connectivity index (χ3n) is 4.22. The minimum absolute atomic E-state index is 0.0584. The molecule has 0 saturated carbocycles. The standard InChI is InChI=1S/C18H15ClN2O4/c1-11-10-12(21(24)25)6-7-13(11)18(23)20-15-5-3-2-4-14(15)16(22)8-9-17(20)19/h2-7,10,17H,8-9H2,1H3. The first-order valence-corrected chi connectivity index (χ1v) is 8.18. The van der Waals surface area contributed by atoms with Crippen LogP contribution in [-0.2, 0) is 0 Å². The Morgan fingerprint density at radius 3 is 2.68 bits per heavy atom. The number of para-hydroxylation sites is 1. The summed E-state index contributed by atoms with van der Waals surface area (Å²) in [4.78, 5) is 37.1. The predicted octanol–water partition coefficient (Wildman–Crippen LogP) is 4.09. The molecule has 0 aromatic heterocycles. The third-order valence-corrected chi connectivity index (χ3v) is 4.64. The van der Waals surface area contributed by atoms with E-state index < -0.39 is 10.4 Å². The fraction of sp³-hybridized carbons (Fsp3) is 0.222. The molecule has 0 radical (unpaired) electrons. The number of alkyl halides is 1. The quantitative estimate of drug-likeness (QED) is 0.350. The van der Waals surface area contributed by atoms with Crippen LogP contribution in [0, 0.1) is 17.0 Å². The van der Waals surface area contributed by atoms with Crippen molar-refractivity contribution in [2.75, 3.05) is 4.90 Å². The summed E-state index contributed by atoms with van der Waals surface area (Å²) in [5.74, 6) is -0.438. The number of nitro benzene ring substituents is 1. The van der Waals surface area contributed by atoms with Gasteiger partial charge >= 0.3 is 0 Å². The van der Waals surface area contributed by atoms with E-state index in [0.29, 0.717) is 28.8 Å². The number of anilines is 1. The number of halogens is 1. The van der Waals surface area contributed by atoms with Gasteiger partial charge in [0.2, 0.25) is 0 Å². The van der Waals surface area contributed by atoms with E-state index in [4.69, 9.17) is 11.6 Å². The van der Waals surface area contributed by atoms with Gasteiger partial charge in [-0.3, -0.25) is 24.6 Å². The molecular formula is C18H15ClN2O4. The van der Waals surface area contributed by atoms with Crippen molar-refractivity contribution in [2.45, 2.75) is 25.3 Å². The molecule has 1 unspecified atom stereocenters. The van der Waals surface area contributed by atoms with Crippen LogP contribution in [-0.4, -0.2) is 22.1 Å². The highest BCUT2D eigenvalue weighted by Crippen LogP contribution is 2.33. The van der Waals surface area contributed by atoms with Crippen LogP contribution < -0.4 is 4.90 Å². The van der Waals surface area contributed by atoms with Crippen molar-refractivity contribution in [1.29, 1.82) is 0 Å². The number of carbonyl (C=O) groups is 2. The maximum Gasteiger partial charge on any atom is 0.269 e. The van der Waals surface area contributed by atoms with Crippen LogP contribution >= 0.6 is 11.6 Å². The van der Waals surface area contributed by atoms with Crippen molar-refractivity contribution in [2.24, 2.45) is 0 Å². The molecule has 0 N–H and O–H groups in total. The average Bonchev–Trinajstić information content (AvgIpc) is 2.71. The molecule has 0 aliphatic carbocycles. The molecule has 1 aliphatic heterocycles. The van der Waals surface area contributed by atoms with Crippen molar-refractivity contribution in [3.05, 3.63) is 69.3 Å². The number of carbonyl (C=O) groups excluding carboxylic acids is 2. The van der Waals surface area contributed by atoms with E-state index in [9.17, 15) is 19.7 Å². The first-order chi connectivity index (χ1) is 11.9. The van der Waals surface area contributed by atoms with Gasteiger partial charge in [-0.15, -0.1) is 0 Å². The highest BCUT2D eigenvalue weighted by atomic mass is 35.5. The third kappa shape index (κ3) is 3.13. The van der Waals surface area contributed by atoms with E-state index in [2.05, 4.69) is 0 Å². The fourth-order valence-electron chi connectivity index (χ4n) is 2.95. The summed E-state index contributed by atoms with van der Waals surface area (Å²) >= 11 is 6.40. The molecule has 7 heteroatoms. The number of nitro groups is 1. The number of hydrogen-bond donors (Lipinski definition) is 0. The summed E-state index contributed by atoms with van der Waals surface area (Å²) in [6, 6.07) is 10.9. The van der Waals surface area contributed by atoms with E-state index in [1.54, 1.807) is 31.2 Å². The zero-order valence-electron chi connectivity index (χ0n) is 13.4. The van der Waals surface area contributed by atoms with Gasteiger partial charge in [-0.05, 0) is 37.1 Å². The first-order valence-electron chi connectivity index (χ1n) is 7.75. The normalized spacial score (nSPS) is 17.0. The van der Waals surface area contributed by atoms with E-state index >= 15 is 0 Å². The second-order valence-corrected chi connectivity index (χ2v) is 6.35. The van der Waals surface area contributed by atoms with Crippen molar-refractivity contribution >= 4 is 34.7 Å². The largest absolute Gasteiger partial charge is 0.294 e. The Morgan fingerprint density at radius 1 is 1.28 bits per heavy atom. The number of aryl methyl sites for hydroxylation is 1. The van der Waals surface area contributed by atoms with E-state index in [-0.39, 0.29) is 23.8 Å². The van der Waals surface area contributed by atoms with Gasteiger partial charge in [-0.1, -0.05) is 23.7 Å². The maximum atomic E-state index is 13.1. The number of ketones is 1. The second kappa shape index (κ2) is 6.64. The van der Waals surface area contributed by atoms with Crippen molar-refractivity contribution in [3.8, 4) is 0 Å². The first kappa shape index (κ1) is 17.1. The molecule has 0 spiro atoms. The van der Waals surface area contributed by atoms with Crippen molar-refractivity contribution in [1.82, 2.24) is 0 Å². The van der Waals surface area contributed by atoms with Gasteiger partial charge in [0.15, 0.2) is 5.78 Å². The van der Waals surface area contributed by atoms with Gasteiger partial charge in [-0.2, -0.15) is 0 Å². The van der Waals surface area contributed by atoms with Gasteiger partial charge in [0.25, 0.3) is 11.6 Å². The topological polar surface area (TPSA) is 80.5 Å². The minimum Gasteiger partial charge on any atom is -0.294 e. The lowest BCUT2D eigenvalue weighted by Gasteiger charge is -2.27. The molecular weight excluding hydrogens is 344 g/mol. The number of non-ortho nitro benzene ring substituents is 1. The molecule has 1 atom stereocenters. The summed E-state index contributed by atoms with van der Waals surface area (Å²) in [6.07, 6.45) is 0.598. The molecule has 0 saturated heterocycles. The Bertz CT molecular complexity index is 881. The van der Waals surface area contributed by atoms with E-state index in [0.717, 1.165) is 0 Å². The number of fused-ring (bicyclic) bond motifs is 1. The smallest absolute Gasteiger partial charge is 0.269 e. The van der Waals surface area contributed by atoms with E-state index in [1.807, 2.05) is 0 Å². The highest BCUT2D eigenvalue weighted by Gasteiger charge is 2.32. The predicted molar refractivity (Wildman–Crippen MR) is 94.3 cm³/mol. The van der Waals surface area contributed by atoms with Gasteiger partial charge in [0.05, 0.1) is 10.6 Å².